The minimum Gasteiger partial charge on any atom is -0.491 e. The first-order valence-electron chi connectivity index (χ1n) is 7.63. The molecule has 2 rings (SSSR count). The van der Waals surface area contributed by atoms with Crippen LogP contribution >= 0.6 is 0 Å². The van der Waals surface area contributed by atoms with E-state index in [1.54, 1.807) is 36.4 Å². The highest BCUT2D eigenvalue weighted by molar-refractivity contribution is 6.09. The Hall–Kier alpha value is -3.27. The second kappa shape index (κ2) is 9.13. The quantitative estimate of drug-likeness (QED) is 0.589. The fourth-order valence-electron chi connectivity index (χ4n) is 2.05. The molecule has 1 aromatic carbocycles. The Labute approximate surface area is 144 Å². The SMILES string of the molecule is N#CC(C(=O)CCCOc1ccccc1F)C(=O)Nc1ccccn1. The number of ketones is 1. The van der Waals surface area contributed by atoms with Gasteiger partial charge in [-0.15, -0.1) is 0 Å². The number of carbonyl (C=O) groups excluding carboxylic acids is 2. The van der Waals surface area contributed by atoms with Gasteiger partial charge >= 0.3 is 0 Å². The van der Waals surface area contributed by atoms with Crippen LogP contribution in [0.4, 0.5) is 10.2 Å². The van der Waals surface area contributed by atoms with E-state index in [0.29, 0.717) is 0 Å². The molecule has 1 heterocycles. The predicted molar refractivity (Wildman–Crippen MR) is 88.1 cm³/mol. The van der Waals surface area contributed by atoms with Gasteiger partial charge in [0.05, 0.1) is 12.7 Å². The summed E-state index contributed by atoms with van der Waals surface area (Å²) in [5, 5.41) is 11.5. The van der Waals surface area contributed by atoms with Crippen LogP contribution in [0.15, 0.2) is 48.7 Å². The lowest BCUT2D eigenvalue weighted by Crippen LogP contribution is -2.29. The molecule has 0 fully saturated rings. The number of carbonyl (C=O) groups is 2. The lowest BCUT2D eigenvalue weighted by atomic mass is 10.0. The van der Waals surface area contributed by atoms with Crippen molar-refractivity contribution in [3.05, 3.63) is 54.5 Å². The number of benzene rings is 1. The molecule has 0 saturated heterocycles. The number of nitriles is 1. The van der Waals surface area contributed by atoms with Crippen molar-refractivity contribution in [1.82, 2.24) is 4.98 Å². The third-order valence-electron chi connectivity index (χ3n) is 3.29. The summed E-state index contributed by atoms with van der Waals surface area (Å²) in [5.74, 6) is -2.79. The van der Waals surface area contributed by atoms with E-state index in [9.17, 15) is 14.0 Å². The van der Waals surface area contributed by atoms with Crippen LogP contribution < -0.4 is 10.1 Å². The smallest absolute Gasteiger partial charge is 0.250 e. The summed E-state index contributed by atoms with van der Waals surface area (Å²) in [6.07, 6.45) is 1.73. The molecular formula is C18H16FN3O3. The van der Waals surface area contributed by atoms with Gasteiger partial charge in [0.2, 0.25) is 0 Å². The molecule has 0 aliphatic heterocycles. The second-order valence-corrected chi connectivity index (χ2v) is 5.12. The monoisotopic (exact) mass is 341 g/mol. The van der Waals surface area contributed by atoms with Crippen LogP contribution in [0.5, 0.6) is 5.75 Å². The molecule has 1 N–H and O–H groups in total. The molecule has 128 valence electrons. The zero-order valence-corrected chi connectivity index (χ0v) is 13.3. The van der Waals surface area contributed by atoms with E-state index in [0.717, 1.165) is 0 Å². The van der Waals surface area contributed by atoms with Crippen LogP contribution in [0.25, 0.3) is 0 Å². The molecular weight excluding hydrogens is 325 g/mol. The summed E-state index contributed by atoms with van der Waals surface area (Å²) in [4.78, 5) is 28.0. The number of nitrogens with zero attached hydrogens (tertiary/aromatic N) is 2. The third kappa shape index (κ3) is 5.39. The lowest BCUT2D eigenvalue weighted by molar-refractivity contribution is -0.129. The van der Waals surface area contributed by atoms with Gasteiger partial charge in [-0.05, 0) is 30.7 Å². The first kappa shape index (κ1) is 18.1. The van der Waals surface area contributed by atoms with Crippen molar-refractivity contribution in [3.8, 4) is 11.8 Å². The molecule has 1 aromatic heterocycles. The lowest BCUT2D eigenvalue weighted by Gasteiger charge is -2.10. The van der Waals surface area contributed by atoms with Crippen LogP contribution in [0, 0.1) is 23.1 Å². The number of hydrogen-bond acceptors (Lipinski definition) is 5. The van der Waals surface area contributed by atoms with E-state index in [1.165, 1.54) is 18.3 Å². The highest BCUT2D eigenvalue weighted by atomic mass is 19.1. The maximum absolute atomic E-state index is 13.4. The van der Waals surface area contributed by atoms with Gasteiger partial charge < -0.3 is 10.1 Å². The van der Waals surface area contributed by atoms with E-state index in [2.05, 4.69) is 10.3 Å². The van der Waals surface area contributed by atoms with Gasteiger partial charge in [0.1, 0.15) is 5.82 Å². The average molecular weight is 341 g/mol. The molecule has 6 nitrogen and oxygen atoms in total. The average Bonchev–Trinajstić information content (AvgIpc) is 2.61. The number of halogens is 1. The molecule has 2 aromatic rings. The topological polar surface area (TPSA) is 92.1 Å². The molecule has 0 radical (unpaired) electrons. The van der Waals surface area contributed by atoms with E-state index in [4.69, 9.17) is 10.00 Å². The number of para-hydroxylation sites is 1. The molecule has 0 bridgehead atoms. The van der Waals surface area contributed by atoms with Gasteiger partial charge in [0.15, 0.2) is 23.3 Å². The zero-order chi connectivity index (χ0) is 18.1. The Kier molecular flexibility index (Phi) is 6.60. The summed E-state index contributed by atoms with van der Waals surface area (Å²) >= 11 is 0. The van der Waals surface area contributed by atoms with Crippen LogP contribution in [0.3, 0.4) is 0 Å². The van der Waals surface area contributed by atoms with E-state index < -0.39 is 23.4 Å². The number of Topliss-reactive ketones (excluding diaryl/α,β-unsaturated/α-hetero) is 1. The fourth-order valence-corrected chi connectivity index (χ4v) is 2.05. The molecule has 7 heteroatoms. The summed E-state index contributed by atoms with van der Waals surface area (Å²) in [5.41, 5.74) is 0. The third-order valence-corrected chi connectivity index (χ3v) is 3.29. The highest BCUT2D eigenvalue weighted by Crippen LogP contribution is 2.16. The molecule has 1 amide bonds. The first-order valence-corrected chi connectivity index (χ1v) is 7.63. The number of aromatic nitrogens is 1. The fraction of sp³-hybridized carbons (Fsp3) is 0.222. The number of ether oxygens (including phenoxy) is 1. The largest absolute Gasteiger partial charge is 0.491 e. The minimum atomic E-state index is -1.42. The normalized spacial score (nSPS) is 11.2. The molecule has 1 atom stereocenters. The molecule has 0 aliphatic rings. The number of hydrogen-bond donors (Lipinski definition) is 1. The number of anilines is 1. The van der Waals surface area contributed by atoms with Crippen LogP contribution in [-0.2, 0) is 9.59 Å². The molecule has 0 aliphatic carbocycles. The van der Waals surface area contributed by atoms with Crippen LogP contribution in [-0.4, -0.2) is 23.3 Å². The number of pyridine rings is 1. The van der Waals surface area contributed by atoms with Crippen molar-refractivity contribution in [2.75, 3.05) is 11.9 Å². The van der Waals surface area contributed by atoms with Gasteiger partial charge in [0.25, 0.3) is 5.91 Å². The molecule has 1 unspecified atom stereocenters. The van der Waals surface area contributed by atoms with Gasteiger partial charge in [-0.2, -0.15) is 5.26 Å². The molecule has 0 spiro atoms. The first-order chi connectivity index (χ1) is 12.1. The van der Waals surface area contributed by atoms with Crippen molar-refractivity contribution in [2.24, 2.45) is 5.92 Å². The summed E-state index contributed by atoms with van der Waals surface area (Å²) in [6.45, 7) is 0.104. The van der Waals surface area contributed by atoms with Gasteiger partial charge in [-0.25, -0.2) is 9.37 Å². The van der Waals surface area contributed by atoms with Crippen molar-refractivity contribution in [2.45, 2.75) is 12.8 Å². The number of amides is 1. The zero-order valence-electron chi connectivity index (χ0n) is 13.3. The van der Waals surface area contributed by atoms with Crippen molar-refractivity contribution >= 4 is 17.5 Å². The second-order valence-electron chi connectivity index (χ2n) is 5.12. The predicted octanol–water partition coefficient (Wildman–Crippen LogP) is 2.73. The standard InChI is InChI=1S/C18H16FN3O3/c19-14-6-1-2-8-16(14)25-11-5-7-15(23)13(12-20)18(24)22-17-9-3-4-10-21-17/h1-4,6,8-10,13H,5,7,11H2,(H,21,22,24). The Bertz CT molecular complexity index is 775. The van der Waals surface area contributed by atoms with E-state index in [-0.39, 0.29) is 31.0 Å². The van der Waals surface area contributed by atoms with Crippen LogP contribution in [0.1, 0.15) is 12.8 Å². The Morgan fingerprint density at radius 3 is 2.68 bits per heavy atom. The Morgan fingerprint density at radius 2 is 2.00 bits per heavy atom. The summed E-state index contributed by atoms with van der Waals surface area (Å²) in [6, 6.07) is 12.5. The Morgan fingerprint density at radius 1 is 1.24 bits per heavy atom. The summed E-state index contributed by atoms with van der Waals surface area (Å²) in [7, 11) is 0. The van der Waals surface area contributed by atoms with Crippen LogP contribution in [0.2, 0.25) is 0 Å². The van der Waals surface area contributed by atoms with Gasteiger partial charge in [0, 0.05) is 12.6 Å². The highest BCUT2D eigenvalue weighted by Gasteiger charge is 2.26. The van der Waals surface area contributed by atoms with E-state index in [1.807, 2.05) is 0 Å². The van der Waals surface area contributed by atoms with Gasteiger partial charge in [-0.1, -0.05) is 18.2 Å². The number of nitrogens with one attached hydrogen (secondary N) is 1. The Balaban J connectivity index is 1.80. The van der Waals surface area contributed by atoms with Crippen molar-refractivity contribution < 1.29 is 18.7 Å². The maximum Gasteiger partial charge on any atom is 0.250 e. The number of rotatable bonds is 8. The molecule has 0 saturated carbocycles. The minimum absolute atomic E-state index is 0.0255. The maximum atomic E-state index is 13.4. The summed E-state index contributed by atoms with van der Waals surface area (Å²) < 4.78 is 18.6. The molecule has 25 heavy (non-hydrogen) atoms. The van der Waals surface area contributed by atoms with Gasteiger partial charge in [-0.3, -0.25) is 9.59 Å². The van der Waals surface area contributed by atoms with Crippen molar-refractivity contribution in [3.63, 3.8) is 0 Å². The van der Waals surface area contributed by atoms with E-state index >= 15 is 0 Å². The van der Waals surface area contributed by atoms with Crippen molar-refractivity contribution in [1.29, 1.82) is 5.26 Å².